The van der Waals surface area contributed by atoms with Crippen molar-refractivity contribution in [2.45, 2.75) is 72.1 Å². The summed E-state index contributed by atoms with van der Waals surface area (Å²) in [5.74, 6) is 0. The molecule has 0 aliphatic carbocycles. The maximum atomic E-state index is 7.57. The molecule has 0 fully saturated rings. The molecule has 0 unspecified atom stereocenters. The minimum Gasteiger partial charge on any atom is -1.00 e. The van der Waals surface area contributed by atoms with Crippen LogP contribution in [0.15, 0.2) is 0 Å². The number of rotatable bonds is 10. The van der Waals surface area contributed by atoms with Crippen molar-refractivity contribution in [2.24, 2.45) is 0 Å². The van der Waals surface area contributed by atoms with E-state index in [2.05, 4.69) is 19.2 Å². The number of hydrogen-bond donors (Lipinski definition) is 1. The van der Waals surface area contributed by atoms with Crippen molar-refractivity contribution in [3.8, 4) is 0 Å². The van der Waals surface area contributed by atoms with Crippen molar-refractivity contribution in [1.82, 2.24) is 0 Å². The number of aliphatic hydroxyl groups is 1. The van der Waals surface area contributed by atoms with Gasteiger partial charge in [-0.15, -0.1) is 13.1 Å². The molecule has 0 spiro atoms. The zero-order chi connectivity index (χ0) is 12.5. The van der Waals surface area contributed by atoms with E-state index in [1.54, 1.807) is 6.92 Å². The average molecular weight is 349 g/mol. The van der Waals surface area contributed by atoms with Crippen molar-refractivity contribution >= 4 is 0 Å². The van der Waals surface area contributed by atoms with E-state index < -0.39 is 0 Å². The molecule has 0 aromatic heterocycles. The molecule has 117 valence electrons. The Labute approximate surface area is 148 Å². The zero-order valence-corrected chi connectivity index (χ0v) is 16.0. The largest absolute Gasteiger partial charge is 3.00 e. The van der Waals surface area contributed by atoms with Crippen LogP contribution in [0.3, 0.4) is 0 Å². The Balaban J connectivity index is -0.0000000992. The Kier molecular flexibility index (Phi) is 61.9. The second-order valence-electron chi connectivity index (χ2n) is 4.11. The predicted molar refractivity (Wildman–Crippen MR) is 74.1 cm³/mol. The molecule has 0 heterocycles. The van der Waals surface area contributed by atoms with Gasteiger partial charge in [0.2, 0.25) is 0 Å². The van der Waals surface area contributed by atoms with E-state index in [0.29, 0.717) is 0 Å². The minimum atomic E-state index is 0. The van der Waals surface area contributed by atoms with Gasteiger partial charge in [-0.1, -0.05) is 65.2 Å². The number of hydrogen-bond acceptors (Lipinski definition) is 1. The van der Waals surface area contributed by atoms with Crippen LogP contribution in [0.25, 0.3) is 5.32 Å². The smallest absolute Gasteiger partial charge is 1.00 e. The molecule has 0 saturated heterocycles. The van der Waals surface area contributed by atoms with Gasteiger partial charge < -0.3 is 35.2 Å². The van der Waals surface area contributed by atoms with Crippen LogP contribution in [-0.2, 0) is 21.7 Å². The van der Waals surface area contributed by atoms with Crippen LogP contribution in [0, 0.1) is 0 Å². The standard InChI is InChI=1S/C12H26N.C2H6O.2ClH.Ti/c1-3-5-7-9-11-13-12-10-8-6-4-2;1-2-3;;;/h3-12H2,1-2H3;3H,2H2,1H3;2*1H;/q-1;;;;+3/p-2. The molecular weight excluding hydrogens is 317 g/mol. The minimum absolute atomic E-state index is 0. The summed E-state index contributed by atoms with van der Waals surface area (Å²) in [6.07, 6.45) is 10.8. The van der Waals surface area contributed by atoms with E-state index in [1.807, 2.05) is 0 Å². The third-order valence-electron chi connectivity index (χ3n) is 2.34. The average Bonchev–Trinajstić information content (AvgIpc) is 2.28. The Morgan fingerprint density at radius 2 is 1.00 bits per heavy atom. The first-order valence-electron chi connectivity index (χ1n) is 7.07. The van der Waals surface area contributed by atoms with Crippen LogP contribution in [0.5, 0.6) is 0 Å². The van der Waals surface area contributed by atoms with Crippen molar-refractivity contribution in [3.05, 3.63) is 5.32 Å². The van der Waals surface area contributed by atoms with E-state index in [-0.39, 0.29) is 53.1 Å². The number of aliphatic hydroxyl groups excluding tert-OH is 1. The van der Waals surface area contributed by atoms with Crippen molar-refractivity contribution in [3.63, 3.8) is 0 Å². The molecule has 0 amide bonds. The van der Waals surface area contributed by atoms with Crippen LogP contribution in [0.2, 0.25) is 0 Å². The summed E-state index contributed by atoms with van der Waals surface area (Å²) in [6, 6.07) is 0. The van der Waals surface area contributed by atoms with Gasteiger partial charge in [0.15, 0.2) is 0 Å². The first-order valence-corrected chi connectivity index (χ1v) is 7.07. The van der Waals surface area contributed by atoms with E-state index in [1.165, 1.54) is 51.4 Å². The number of nitrogens with zero attached hydrogens (tertiary/aromatic N) is 1. The zero-order valence-electron chi connectivity index (χ0n) is 12.9. The van der Waals surface area contributed by atoms with E-state index in [0.717, 1.165) is 13.1 Å². The van der Waals surface area contributed by atoms with Crippen molar-refractivity contribution in [2.75, 3.05) is 19.7 Å². The summed E-state index contributed by atoms with van der Waals surface area (Å²) in [5.41, 5.74) is 0. The van der Waals surface area contributed by atoms with E-state index >= 15 is 0 Å². The van der Waals surface area contributed by atoms with Crippen LogP contribution >= 0.6 is 0 Å². The first-order chi connectivity index (χ1) is 7.83. The molecule has 2 nitrogen and oxygen atoms in total. The van der Waals surface area contributed by atoms with Crippen LogP contribution in [0.4, 0.5) is 0 Å². The summed E-state index contributed by atoms with van der Waals surface area (Å²) in [5, 5.41) is 12.1. The summed E-state index contributed by atoms with van der Waals surface area (Å²) >= 11 is 0. The SMILES string of the molecule is CCCCCC[N-]CCCCCC.CCO.[Cl-].[Cl-].[Ti+3]. The quantitative estimate of drug-likeness (QED) is 0.379. The molecule has 0 aromatic rings. The van der Waals surface area contributed by atoms with Gasteiger partial charge in [-0.3, -0.25) is 0 Å². The van der Waals surface area contributed by atoms with Gasteiger partial charge in [-0.2, -0.15) is 0 Å². The molecule has 0 aliphatic heterocycles. The van der Waals surface area contributed by atoms with Crippen LogP contribution in [-0.4, -0.2) is 24.8 Å². The molecule has 1 N–H and O–H groups in total. The summed E-state index contributed by atoms with van der Waals surface area (Å²) < 4.78 is 0. The maximum Gasteiger partial charge on any atom is 3.00 e. The van der Waals surface area contributed by atoms with E-state index in [4.69, 9.17) is 5.11 Å². The molecule has 0 aliphatic rings. The molecule has 0 atom stereocenters. The Hall–Kier alpha value is 1.21. The van der Waals surface area contributed by atoms with Crippen LogP contribution < -0.4 is 24.8 Å². The fraction of sp³-hybridized carbons (Fsp3) is 1.00. The number of unbranched alkanes of at least 4 members (excludes halogenated alkanes) is 6. The normalized spacial score (nSPS) is 8.21. The second kappa shape index (κ2) is 36.5. The first kappa shape index (κ1) is 32.2. The topological polar surface area (TPSA) is 34.3 Å². The molecule has 19 heavy (non-hydrogen) atoms. The molecule has 0 bridgehead atoms. The monoisotopic (exact) mass is 348 g/mol. The van der Waals surface area contributed by atoms with Gasteiger partial charge in [0, 0.05) is 6.61 Å². The summed E-state index contributed by atoms with van der Waals surface area (Å²) in [7, 11) is 0. The Morgan fingerprint density at radius 1 is 0.684 bits per heavy atom. The van der Waals surface area contributed by atoms with Crippen molar-refractivity contribution in [1.29, 1.82) is 0 Å². The third-order valence-corrected chi connectivity index (χ3v) is 2.34. The van der Waals surface area contributed by atoms with Gasteiger partial charge >= 0.3 is 21.7 Å². The molecule has 5 heteroatoms. The molecule has 0 saturated carbocycles. The third kappa shape index (κ3) is 45.3. The van der Waals surface area contributed by atoms with Gasteiger partial charge in [-0.25, -0.2) is 0 Å². The maximum absolute atomic E-state index is 7.57. The van der Waals surface area contributed by atoms with Crippen molar-refractivity contribution < 1.29 is 51.6 Å². The van der Waals surface area contributed by atoms with Gasteiger partial charge in [0.05, 0.1) is 0 Å². The fourth-order valence-corrected chi connectivity index (χ4v) is 1.41. The molecule has 0 aromatic carbocycles. The van der Waals surface area contributed by atoms with Gasteiger partial charge in [0.25, 0.3) is 0 Å². The molecule has 1 radical (unpaired) electrons. The summed E-state index contributed by atoms with van der Waals surface area (Å²) in [4.78, 5) is 0. The predicted octanol–water partition coefficient (Wildman–Crippen LogP) is -1.48. The Bertz CT molecular complexity index is 101. The number of halogens is 2. The molecular formula is C14H32Cl2NOTi. The Morgan fingerprint density at radius 3 is 1.26 bits per heavy atom. The van der Waals surface area contributed by atoms with Gasteiger partial charge in [-0.05, 0) is 6.92 Å². The summed E-state index contributed by atoms with van der Waals surface area (Å²) in [6.45, 7) is 8.64. The molecule has 0 rings (SSSR count). The fourth-order valence-electron chi connectivity index (χ4n) is 1.41. The van der Waals surface area contributed by atoms with Gasteiger partial charge in [0.1, 0.15) is 0 Å². The van der Waals surface area contributed by atoms with E-state index in [9.17, 15) is 0 Å². The van der Waals surface area contributed by atoms with Crippen LogP contribution in [0.1, 0.15) is 72.1 Å². The second-order valence-corrected chi connectivity index (χ2v) is 4.11.